The smallest absolute Gasteiger partial charge is 0.0373 e. The van der Waals surface area contributed by atoms with Crippen molar-refractivity contribution in [3.05, 3.63) is 0 Å². The average molecular weight is 177 g/mol. The lowest BCUT2D eigenvalue weighted by atomic mass is 9.71. The van der Waals surface area contributed by atoms with Crippen LogP contribution in [0, 0.1) is 23.7 Å². The van der Waals surface area contributed by atoms with Gasteiger partial charge < -0.3 is 0 Å². The third kappa shape index (κ3) is 0.464. The monoisotopic (exact) mass is 176 g/mol. The lowest BCUT2D eigenvalue weighted by Gasteiger charge is -2.35. The van der Waals surface area contributed by atoms with Crippen LogP contribution >= 0.6 is 23.2 Å². The molecule has 0 nitrogen and oxygen atoms in total. The SMILES string of the molecule is ClC1CC2C3CC(Cl)C2C13. The van der Waals surface area contributed by atoms with E-state index in [1.54, 1.807) is 0 Å². The Bertz CT molecular complexity index is 160. The Kier molecular flexibility index (Phi) is 1.02. The van der Waals surface area contributed by atoms with Crippen LogP contribution in [0.1, 0.15) is 12.8 Å². The maximum atomic E-state index is 6.14. The molecule has 0 aromatic rings. The van der Waals surface area contributed by atoms with Crippen LogP contribution < -0.4 is 0 Å². The molecule has 0 aliphatic heterocycles. The standard InChI is InChI=1S/C8H10Cl2/c9-5-1-3-4-2-6(10)7(3)8(4)5/h3-8H,1-2H2. The predicted octanol–water partition coefficient (Wildman–Crippen LogP) is 2.49. The van der Waals surface area contributed by atoms with Crippen LogP contribution in [0.3, 0.4) is 0 Å². The van der Waals surface area contributed by atoms with Crippen molar-refractivity contribution in [3.8, 4) is 0 Å². The second-order valence-corrected chi connectivity index (χ2v) is 5.11. The molecule has 0 radical (unpaired) electrons. The maximum absolute atomic E-state index is 6.14. The van der Waals surface area contributed by atoms with E-state index >= 15 is 0 Å². The van der Waals surface area contributed by atoms with Crippen LogP contribution in [-0.4, -0.2) is 10.8 Å². The van der Waals surface area contributed by atoms with E-state index in [1.165, 1.54) is 12.8 Å². The summed E-state index contributed by atoms with van der Waals surface area (Å²) in [5.74, 6) is 3.48. The zero-order valence-electron chi connectivity index (χ0n) is 5.63. The van der Waals surface area contributed by atoms with Gasteiger partial charge in [-0.1, -0.05) is 0 Å². The van der Waals surface area contributed by atoms with Crippen molar-refractivity contribution in [1.29, 1.82) is 0 Å². The van der Waals surface area contributed by atoms with Crippen molar-refractivity contribution < 1.29 is 0 Å². The minimum atomic E-state index is 0.476. The van der Waals surface area contributed by atoms with Crippen molar-refractivity contribution in [2.24, 2.45) is 23.7 Å². The van der Waals surface area contributed by atoms with Crippen molar-refractivity contribution in [3.63, 3.8) is 0 Å². The number of hydrogen-bond donors (Lipinski definition) is 0. The van der Waals surface area contributed by atoms with Crippen LogP contribution in [0.15, 0.2) is 0 Å². The van der Waals surface area contributed by atoms with Crippen molar-refractivity contribution in [2.45, 2.75) is 23.6 Å². The molecule has 5 aliphatic rings. The molecule has 0 N–H and O–H groups in total. The van der Waals surface area contributed by atoms with Gasteiger partial charge in [0.1, 0.15) is 0 Å². The van der Waals surface area contributed by atoms with E-state index in [1.807, 2.05) is 0 Å². The fourth-order valence-corrected chi connectivity index (χ4v) is 4.63. The Hall–Kier alpha value is 0.580. The molecule has 0 amide bonds. The van der Waals surface area contributed by atoms with Gasteiger partial charge in [-0.15, -0.1) is 23.2 Å². The molecule has 4 bridgehead atoms. The molecular formula is C8H10Cl2. The number of halogens is 2. The number of hydrogen-bond acceptors (Lipinski definition) is 0. The first kappa shape index (κ1) is 6.14. The van der Waals surface area contributed by atoms with Gasteiger partial charge in [0.25, 0.3) is 0 Å². The number of rotatable bonds is 0. The Morgan fingerprint density at radius 2 is 1.20 bits per heavy atom. The van der Waals surface area contributed by atoms with E-state index in [-0.39, 0.29) is 0 Å². The molecule has 5 fully saturated rings. The van der Waals surface area contributed by atoms with Crippen LogP contribution in [-0.2, 0) is 0 Å². The maximum Gasteiger partial charge on any atom is 0.0373 e. The lowest BCUT2D eigenvalue weighted by Crippen LogP contribution is -2.33. The summed E-state index contributed by atoms with van der Waals surface area (Å²) in [5, 5.41) is 0.951. The largest absolute Gasteiger partial charge is 0.123 e. The Morgan fingerprint density at radius 1 is 0.800 bits per heavy atom. The van der Waals surface area contributed by atoms with E-state index in [4.69, 9.17) is 23.2 Å². The molecule has 5 saturated carbocycles. The Morgan fingerprint density at radius 3 is 1.40 bits per heavy atom. The van der Waals surface area contributed by atoms with E-state index in [0.717, 1.165) is 23.7 Å². The molecule has 0 heterocycles. The second kappa shape index (κ2) is 1.67. The average Bonchev–Trinajstić information content (AvgIpc) is 2.44. The van der Waals surface area contributed by atoms with Crippen molar-refractivity contribution >= 4 is 23.2 Å². The summed E-state index contributed by atoms with van der Waals surface area (Å²) in [6.07, 6.45) is 2.51. The highest BCUT2D eigenvalue weighted by atomic mass is 35.5. The fraction of sp³-hybridized carbons (Fsp3) is 1.00. The van der Waals surface area contributed by atoms with Crippen LogP contribution in [0.2, 0.25) is 0 Å². The molecule has 6 unspecified atom stereocenters. The van der Waals surface area contributed by atoms with Gasteiger partial charge in [0.05, 0.1) is 0 Å². The van der Waals surface area contributed by atoms with Crippen LogP contribution in [0.4, 0.5) is 0 Å². The molecule has 56 valence electrons. The highest BCUT2D eigenvalue weighted by Gasteiger charge is 2.66. The topological polar surface area (TPSA) is 0 Å². The molecule has 0 aromatic heterocycles. The van der Waals surface area contributed by atoms with Gasteiger partial charge in [0.2, 0.25) is 0 Å². The first-order chi connectivity index (χ1) is 4.79. The summed E-state index contributed by atoms with van der Waals surface area (Å²) in [4.78, 5) is 0. The van der Waals surface area contributed by atoms with Gasteiger partial charge in [0, 0.05) is 10.8 Å². The summed E-state index contributed by atoms with van der Waals surface area (Å²) in [5.41, 5.74) is 0. The lowest BCUT2D eigenvalue weighted by molar-refractivity contribution is 0.139. The second-order valence-electron chi connectivity index (χ2n) is 3.99. The first-order valence-corrected chi connectivity index (χ1v) is 4.94. The molecule has 5 aliphatic carbocycles. The highest BCUT2D eigenvalue weighted by Crippen LogP contribution is 2.69. The molecule has 0 spiro atoms. The first-order valence-electron chi connectivity index (χ1n) is 4.07. The molecule has 10 heavy (non-hydrogen) atoms. The quantitative estimate of drug-likeness (QED) is 0.498. The van der Waals surface area contributed by atoms with Gasteiger partial charge in [-0.2, -0.15) is 0 Å². The van der Waals surface area contributed by atoms with Crippen LogP contribution in [0.25, 0.3) is 0 Å². The van der Waals surface area contributed by atoms with Crippen molar-refractivity contribution in [2.75, 3.05) is 0 Å². The molecular weight excluding hydrogens is 167 g/mol. The number of alkyl halides is 2. The van der Waals surface area contributed by atoms with E-state index in [2.05, 4.69) is 0 Å². The molecule has 2 heteroatoms. The van der Waals surface area contributed by atoms with Gasteiger partial charge in [-0.25, -0.2) is 0 Å². The Labute approximate surface area is 70.9 Å². The molecule has 0 aromatic carbocycles. The predicted molar refractivity (Wildman–Crippen MR) is 42.5 cm³/mol. The minimum Gasteiger partial charge on any atom is -0.123 e. The molecule has 5 rings (SSSR count). The third-order valence-electron chi connectivity index (χ3n) is 3.81. The van der Waals surface area contributed by atoms with E-state index < -0.39 is 0 Å². The minimum absolute atomic E-state index is 0.476. The Balaban J connectivity index is 1.97. The summed E-state index contributed by atoms with van der Waals surface area (Å²) >= 11 is 12.3. The van der Waals surface area contributed by atoms with Gasteiger partial charge in [-0.3, -0.25) is 0 Å². The summed E-state index contributed by atoms with van der Waals surface area (Å²) in [6, 6.07) is 0. The normalized spacial score (nSPS) is 70.2. The molecule has 6 atom stereocenters. The molecule has 0 saturated heterocycles. The van der Waals surface area contributed by atoms with Crippen LogP contribution in [0.5, 0.6) is 0 Å². The summed E-state index contributed by atoms with van der Waals surface area (Å²) < 4.78 is 0. The summed E-state index contributed by atoms with van der Waals surface area (Å²) in [6.45, 7) is 0. The number of fused-ring (bicyclic) bond motifs is 2. The van der Waals surface area contributed by atoms with Gasteiger partial charge in [-0.05, 0) is 36.5 Å². The summed E-state index contributed by atoms with van der Waals surface area (Å²) in [7, 11) is 0. The zero-order chi connectivity index (χ0) is 6.88. The third-order valence-corrected chi connectivity index (χ3v) is 4.75. The van der Waals surface area contributed by atoms with Crippen molar-refractivity contribution in [1.82, 2.24) is 0 Å². The van der Waals surface area contributed by atoms with E-state index in [9.17, 15) is 0 Å². The van der Waals surface area contributed by atoms with E-state index in [0.29, 0.717) is 10.8 Å². The zero-order valence-corrected chi connectivity index (χ0v) is 7.15. The van der Waals surface area contributed by atoms with Gasteiger partial charge in [0.15, 0.2) is 0 Å². The fourth-order valence-electron chi connectivity index (χ4n) is 3.51. The van der Waals surface area contributed by atoms with Gasteiger partial charge >= 0.3 is 0 Å². The highest BCUT2D eigenvalue weighted by molar-refractivity contribution is 6.23.